The summed E-state index contributed by atoms with van der Waals surface area (Å²) in [5.41, 5.74) is 1.10. The third kappa shape index (κ3) is 5.74. The summed E-state index contributed by atoms with van der Waals surface area (Å²) in [5.74, 6) is 2.72. The highest BCUT2D eigenvalue weighted by Gasteiger charge is 2.22. The predicted octanol–water partition coefficient (Wildman–Crippen LogP) is 3.40. The van der Waals surface area contributed by atoms with Gasteiger partial charge >= 0.3 is 0 Å². The molecule has 2 aromatic rings. The van der Waals surface area contributed by atoms with Crippen LogP contribution >= 0.6 is 11.3 Å². The minimum absolute atomic E-state index is 0.461. The van der Waals surface area contributed by atoms with Crippen LogP contribution in [0, 0.1) is 5.92 Å². The topological polar surface area (TPSA) is 58.5 Å². The normalized spacial score (nSPS) is 15.7. The number of aliphatic imine (C=N–C) groups is 1. The van der Waals surface area contributed by atoms with E-state index in [1.54, 1.807) is 18.4 Å². The highest BCUT2D eigenvalue weighted by molar-refractivity contribution is 7.10. The molecule has 25 heavy (non-hydrogen) atoms. The molecule has 1 aliphatic rings. The number of hydrogen-bond acceptors (Lipinski definition) is 4. The van der Waals surface area contributed by atoms with Crippen molar-refractivity contribution in [3.8, 4) is 5.88 Å². The van der Waals surface area contributed by atoms with Crippen LogP contribution in [0.4, 0.5) is 0 Å². The summed E-state index contributed by atoms with van der Waals surface area (Å²) in [6.07, 6.45) is 4.44. The van der Waals surface area contributed by atoms with E-state index < -0.39 is 0 Å². The lowest BCUT2D eigenvalue weighted by molar-refractivity contribution is 0.288. The maximum Gasteiger partial charge on any atom is 0.213 e. The number of aromatic nitrogens is 1. The molecule has 1 atom stereocenters. The van der Waals surface area contributed by atoms with Gasteiger partial charge in [-0.15, -0.1) is 11.3 Å². The Labute approximate surface area is 153 Å². The molecular weight excluding hydrogens is 332 g/mol. The Kier molecular flexibility index (Phi) is 6.28. The van der Waals surface area contributed by atoms with Gasteiger partial charge in [-0.1, -0.05) is 19.1 Å². The van der Waals surface area contributed by atoms with Gasteiger partial charge in [-0.2, -0.15) is 0 Å². The molecule has 0 radical (unpaired) electrons. The van der Waals surface area contributed by atoms with Crippen LogP contribution in [-0.4, -0.2) is 31.1 Å². The van der Waals surface area contributed by atoms with Crippen molar-refractivity contribution in [1.82, 2.24) is 15.6 Å². The van der Waals surface area contributed by atoms with Gasteiger partial charge in [0.15, 0.2) is 5.96 Å². The third-order valence-corrected chi connectivity index (χ3v) is 5.35. The van der Waals surface area contributed by atoms with E-state index in [2.05, 4.69) is 45.0 Å². The zero-order valence-electron chi connectivity index (χ0n) is 14.9. The van der Waals surface area contributed by atoms with Gasteiger partial charge in [-0.05, 0) is 35.8 Å². The van der Waals surface area contributed by atoms with Gasteiger partial charge in [0.2, 0.25) is 5.88 Å². The molecule has 1 aliphatic carbocycles. The first-order valence-corrected chi connectivity index (χ1v) is 9.68. The van der Waals surface area contributed by atoms with E-state index in [4.69, 9.17) is 4.74 Å². The average Bonchev–Trinajstić information content (AvgIpc) is 3.31. The minimum Gasteiger partial charge on any atom is -0.477 e. The maximum absolute atomic E-state index is 5.67. The Balaban J connectivity index is 1.41. The second-order valence-electron chi connectivity index (χ2n) is 6.48. The van der Waals surface area contributed by atoms with Crippen LogP contribution in [0.1, 0.15) is 36.1 Å². The lowest BCUT2D eigenvalue weighted by atomic mass is 10.1. The second-order valence-corrected chi connectivity index (χ2v) is 7.46. The molecule has 1 fully saturated rings. The molecule has 2 heterocycles. The molecule has 5 nitrogen and oxygen atoms in total. The lowest BCUT2D eigenvalue weighted by Crippen LogP contribution is -2.38. The maximum atomic E-state index is 5.67. The van der Waals surface area contributed by atoms with E-state index in [0.717, 1.165) is 30.6 Å². The van der Waals surface area contributed by atoms with Crippen LogP contribution in [0.15, 0.2) is 40.8 Å². The zero-order valence-corrected chi connectivity index (χ0v) is 15.7. The van der Waals surface area contributed by atoms with E-state index >= 15 is 0 Å². The van der Waals surface area contributed by atoms with Gasteiger partial charge in [0.05, 0.1) is 6.61 Å². The molecule has 0 aromatic carbocycles. The van der Waals surface area contributed by atoms with Crippen molar-refractivity contribution in [3.05, 3.63) is 46.3 Å². The quantitative estimate of drug-likeness (QED) is 0.561. The molecule has 0 saturated heterocycles. The molecule has 6 heteroatoms. The number of nitrogens with one attached hydrogen (secondary N) is 2. The molecule has 1 saturated carbocycles. The van der Waals surface area contributed by atoms with Gasteiger partial charge in [0.1, 0.15) is 0 Å². The van der Waals surface area contributed by atoms with Crippen molar-refractivity contribution < 1.29 is 4.74 Å². The number of guanidine groups is 1. The Morgan fingerprint density at radius 1 is 1.36 bits per heavy atom. The summed E-state index contributed by atoms with van der Waals surface area (Å²) < 4.78 is 5.67. The molecule has 3 rings (SSSR count). The van der Waals surface area contributed by atoms with E-state index in [1.807, 2.05) is 18.3 Å². The van der Waals surface area contributed by atoms with Crippen molar-refractivity contribution in [1.29, 1.82) is 0 Å². The number of thiophene rings is 1. The Hall–Kier alpha value is -2.08. The highest BCUT2D eigenvalue weighted by atomic mass is 32.1. The number of pyridine rings is 1. The summed E-state index contributed by atoms with van der Waals surface area (Å²) in [6, 6.07) is 8.25. The Morgan fingerprint density at radius 2 is 2.24 bits per heavy atom. The van der Waals surface area contributed by atoms with Crippen LogP contribution in [0.5, 0.6) is 5.88 Å². The smallest absolute Gasteiger partial charge is 0.213 e. The number of rotatable bonds is 8. The van der Waals surface area contributed by atoms with Crippen molar-refractivity contribution in [2.45, 2.75) is 32.2 Å². The van der Waals surface area contributed by atoms with E-state index in [0.29, 0.717) is 18.3 Å². The van der Waals surface area contributed by atoms with Gasteiger partial charge in [0.25, 0.3) is 0 Å². The van der Waals surface area contributed by atoms with E-state index in [9.17, 15) is 0 Å². The SMILES string of the molecule is CN=C(NCc1ccc(OCC2CC2)nc1)NCC(C)c1cccs1. The summed E-state index contributed by atoms with van der Waals surface area (Å²) in [4.78, 5) is 10.0. The monoisotopic (exact) mass is 358 g/mol. The Morgan fingerprint density at radius 3 is 2.88 bits per heavy atom. The van der Waals surface area contributed by atoms with Crippen molar-refractivity contribution in [2.24, 2.45) is 10.9 Å². The minimum atomic E-state index is 0.461. The van der Waals surface area contributed by atoms with E-state index in [1.165, 1.54) is 17.7 Å². The fourth-order valence-electron chi connectivity index (χ4n) is 2.42. The Bertz CT molecular complexity index is 665. The predicted molar refractivity (Wildman–Crippen MR) is 103 cm³/mol. The molecule has 0 amide bonds. The van der Waals surface area contributed by atoms with Gasteiger partial charge in [0, 0.05) is 43.2 Å². The first-order chi connectivity index (χ1) is 12.2. The molecular formula is C19H26N4OS. The standard InChI is InChI=1S/C19H26N4OS/c1-14(17-4-3-9-25-17)10-22-19(20-2)23-12-16-7-8-18(21-11-16)24-13-15-5-6-15/h3-4,7-9,11,14-15H,5-6,10,12-13H2,1-2H3,(H2,20,22,23). The zero-order chi connectivity index (χ0) is 17.5. The molecule has 0 aliphatic heterocycles. The van der Waals surface area contributed by atoms with Crippen molar-refractivity contribution >= 4 is 17.3 Å². The summed E-state index contributed by atoms with van der Waals surface area (Å²) in [6.45, 7) is 4.55. The molecule has 0 spiro atoms. The summed E-state index contributed by atoms with van der Waals surface area (Å²) in [7, 11) is 1.79. The van der Waals surface area contributed by atoms with E-state index in [-0.39, 0.29) is 0 Å². The van der Waals surface area contributed by atoms with Crippen LogP contribution in [0.3, 0.4) is 0 Å². The van der Waals surface area contributed by atoms with Gasteiger partial charge < -0.3 is 15.4 Å². The van der Waals surface area contributed by atoms with Gasteiger partial charge in [-0.3, -0.25) is 4.99 Å². The molecule has 0 bridgehead atoms. The molecule has 134 valence electrons. The summed E-state index contributed by atoms with van der Waals surface area (Å²) >= 11 is 1.79. The first-order valence-electron chi connectivity index (χ1n) is 8.80. The largest absolute Gasteiger partial charge is 0.477 e. The molecule has 1 unspecified atom stereocenters. The molecule has 2 aromatic heterocycles. The van der Waals surface area contributed by atoms with Crippen LogP contribution in [0.2, 0.25) is 0 Å². The van der Waals surface area contributed by atoms with Crippen molar-refractivity contribution in [2.75, 3.05) is 20.2 Å². The average molecular weight is 359 g/mol. The van der Waals surface area contributed by atoms with Crippen LogP contribution in [0.25, 0.3) is 0 Å². The van der Waals surface area contributed by atoms with Crippen molar-refractivity contribution in [3.63, 3.8) is 0 Å². The third-order valence-electron chi connectivity index (χ3n) is 4.25. The number of nitrogens with zero attached hydrogens (tertiary/aromatic N) is 2. The van der Waals surface area contributed by atoms with Crippen LogP contribution in [-0.2, 0) is 6.54 Å². The fraction of sp³-hybridized carbons (Fsp3) is 0.474. The highest BCUT2D eigenvalue weighted by Crippen LogP contribution is 2.29. The number of hydrogen-bond donors (Lipinski definition) is 2. The summed E-state index contributed by atoms with van der Waals surface area (Å²) in [5, 5.41) is 8.82. The molecule has 2 N–H and O–H groups in total. The lowest BCUT2D eigenvalue weighted by Gasteiger charge is -2.15. The number of ether oxygens (including phenoxy) is 1. The first kappa shape index (κ1) is 17.7. The van der Waals surface area contributed by atoms with Gasteiger partial charge in [-0.25, -0.2) is 4.98 Å². The second kappa shape index (κ2) is 8.85. The van der Waals surface area contributed by atoms with Crippen LogP contribution < -0.4 is 15.4 Å². The fourth-order valence-corrected chi connectivity index (χ4v) is 3.20.